The van der Waals surface area contributed by atoms with E-state index < -0.39 is 0 Å². The molecule has 0 unspecified atom stereocenters. The normalized spacial score (nSPS) is 11.4. The molecule has 0 saturated carbocycles. The average Bonchev–Trinajstić information content (AvgIpc) is 3.12. The minimum absolute atomic E-state index is 0.475. The molecule has 0 radical (unpaired) electrons. The molecule has 0 aliphatic rings. The number of rotatable bonds is 3. The number of aromatic nitrogens is 6. The van der Waals surface area contributed by atoms with Crippen molar-refractivity contribution in [3.05, 3.63) is 75.6 Å². The van der Waals surface area contributed by atoms with Gasteiger partial charge in [-0.05, 0) is 40.8 Å². The summed E-state index contributed by atoms with van der Waals surface area (Å²) in [5, 5.41) is 0.640. The van der Waals surface area contributed by atoms with E-state index in [9.17, 15) is 0 Å². The molecule has 136 valence electrons. The number of hydrogen-bond acceptors (Lipinski definition) is 5. The zero-order valence-electron chi connectivity index (χ0n) is 14.4. The Morgan fingerprint density at radius 3 is 2.75 bits per heavy atom. The molecule has 0 saturated heterocycles. The first-order valence-corrected chi connectivity index (χ1v) is 9.97. The van der Waals surface area contributed by atoms with Crippen LogP contribution in [-0.4, -0.2) is 29.5 Å². The SMILES string of the molecule is Clc1ccccc1-c1nc2c(I)cccc2nc1Cn1cnc2cncnc21. The van der Waals surface area contributed by atoms with Crippen molar-refractivity contribution in [2.75, 3.05) is 0 Å². The van der Waals surface area contributed by atoms with E-state index in [1.165, 1.54) is 6.33 Å². The monoisotopic (exact) mass is 498 g/mol. The van der Waals surface area contributed by atoms with Crippen LogP contribution in [0, 0.1) is 3.57 Å². The van der Waals surface area contributed by atoms with Crippen molar-refractivity contribution >= 4 is 56.4 Å². The lowest BCUT2D eigenvalue weighted by atomic mass is 10.1. The number of benzene rings is 2. The van der Waals surface area contributed by atoms with Crippen LogP contribution < -0.4 is 0 Å². The van der Waals surface area contributed by atoms with Gasteiger partial charge in [0.2, 0.25) is 0 Å². The Morgan fingerprint density at radius 2 is 1.86 bits per heavy atom. The van der Waals surface area contributed by atoms with Crippen LogP contribution in [0.1, 0.15) is 5.69 Å². The topological polar surface area (TPSA) is 69.4 Å². The molecule has 0 fully saturated rings. The molecule has 5 aromatic rings. The van der Waals surface area contributed by atoms with E-state index in [2.05, 4.69) is 37.5 Å². The zero-order chi connectivity index (χ0) is 19.1. The predicted octanol–water partition coefficient (Wildman–Crippen LogP) is 4.74. The van der Waals surface area contributed by atoms with Crippen LogP contribution in [0.25, 0.3) is 33.5 Å². The Hall–Kier alpha value is -2.65. The highest BCUT2D eigenvalue weighted by molar-refractivity contribution is 14.1. The molecule has 6 nitrogen and oxygen atoms in total. The van der Waals surface area contributed by atoms with Crippen LogP contribution in [0.5, 0.6) is 0 Å². The number of para-hydroxylation sites is 1. The van der Waals surface area contributed by atoms with E-state index in [0.29, 0.717) is 11.6 Å². The van der Waals surface area contributed by atoms with Gasteiger partial charge in [-0.3, -0.25) is 0 Å². The van der Waals surface area contributed by atoms with Gasteiger partial charge >= 0.3 is 0 Å². The Balaban J connectivity index is 1.74. The second-order valence-corrected chi connectivity index (χ2v) is 7.78. The molecular formula is C20H12ClIN6. The molecule has 0 atom stereocenters. The fraction of sp³-hybridized carbons (Fsp3) is 0.0500. The lowest BCUT2D eigenvalue weighted by Gasteiger charge is -2.13. The van der Waals surface area contributed by atoms with Crippen molar-refractivity contribution in [1.29, 1.82) is 0 Å². The second-order valence-electron chi connectivity index (χ2n) is 6.21. The minimum Gasteiger partial charge on any atom is -0.309 e. The lowest BCUT2D eigenvalue weighted by molar-refractivity contribution is 0.789. The molecular weight excluding hydrogens is 487 g/mol. The first-order valence-electron chi connectivity index (χ1n) is 8.51. The molecule has 3 heterocycles. The molecule has 5 rings (SSSR count). The fourth-order valence-corrected chi connectivity index (χ4v) is 3.98. The molecule has 2 aromatic carbocycles. The van der Waals surface area contributed by atoms with E-state index in [0.717, 1.165) is 42.7 Å². The maximum atomic E-state index is 6.49. The third-order valence-electron chi connectivity index (χ3n) is 4.45. The van der Waals surface area contributed by atoms with E-state index >= 15 is 0 Å². The Labute approximate surface area is 178 Å². The van der Waals surface area contributed by atoms with Crippen molar-refractivity contribution in [2.45, 2.75) is 6.54 Å². The summed E-state index contributed by atoms with van der Waals surface area (Å²) < 4.78 is 2.99. The zero-order valence-corrected chi connectivity index (χ0v) is 17.3. The molecule has 0 amide bonds. The predicted molar refractivity (Wildman–Crippen MR) is 117 cm³/mol. The molecule has 0 N–H and O–H groups in total. The van der Waals surface area contributed by atoms with Gasteiger partial charge in [0.05, 0.1) is 41.0 Å². The van der Waals surface area contributed by atoms with E-state index in [1.54, 1.807) is 12.5 Å². The molecule has 28 heavy (non-hydrogen) atoms. The number of halogens is 2. The summed E-state index contributed by atoms with van der Waals surface area (Å²) in [6.45, 7) is 0.475. The van der Waals surface area contributed by atoms with Crippen molar-refractivity contribution < 1.29 is 0 Å². The molecule has 0 aliphatic carbocycles. The van der Waals surface area contributed by atoms with Gasteiger partial charge in [-0.25, -0.2) is 24.9 Å². The van der Waals surface area contributed by atoms with E-state index in [-0.39, 0.29) is 0 Å². The van der Waals surface area contributed by atoms with Gasteiger partial charge in [0.25, 0.3) is 0 Å². The smallest absolute Gasteiger partial charge is 0.163 e. The van der Waals surface area contributed by atoms with Gasteiger partial charge < -0.3 is 4.57 Å². The molecule has 0 spiro atoms. The molecule has 3 aromatic heterocycles. The van der Waals surface area contributed by atoms with Crippen molar-refractivity contribution in [1.82, 2.24) is 29.5 Å². The van der Waals surface area contributed by atoms with Gasteiger partial charge in [-0.15, -0.1) is 0 Å². The number of hydrogen-bond donors (Lipinski definition) is 0. The number of nitrogens with zero attached hydrogens (tertiary/aromatic N) is 6. The number of imidazole rings is 1. The van der Waals surface area contributed by atoms with Crippen LogP contribution in [0.3, 0.4) is 0 Å². The van der Waals surface area contributed by atoms with Crippen LogP contribution >= 0.6 is 34.2 Å². The second kappa shape index (κ2) is 7.06. The Morgan fingerprint density at radius 1 is 0.964 bits per heavy atom. The largest absolute Gasteiger partial charge is 0.309 e. The maximum Gasteiger partial charge on any atom is 0.163 e. The molecule has 0 bridgehead atoms. The maximum absolute atomic E-state index is 6.49. The van der Waals surface area contributed by atoms with Gasteiger partial charge in [0.1, 0.15) is 17.4 Å². The van der Waals surface area contributed by atoms with Crippen LogP contribution in [0.4, 0.5) is 0 Å². The summed E-state index contributed by atoms with van der Waals surface area (Å²) in [6, 6.07) is 13.7. The van der Waals surface area contributed by atoms with Crippen LogP contribution in [0.15, 0.2) is 61.3 Å². The highest BCUT2D eigenvalue weighted by Crippen LogP contribution is 2.31. The summed E-state index contributed by atoms with van der Waals surface area (Å²) >= 11 is 8.77. The summed E-state index contributed by atoms with van der Waals surface area (Å²) in [7, 11) is 0. The average molecular weight is 499 g/mol. The Kier molecular flexibility index (Phi) is 4.40. The van der Waals surface area contributed by atoms with Crippen molar-refractivity contribution in [3.63, 3.8) is 0 Å². The highest BCUT2D eigenvalue weighted by atomic mass is 127. The third kappa shape index (κ3) is 3.00. The Bertz CT molecular complexity index is 1330. The summed E-state index contributed by atoms with van der Waals surface area (Å²) in [5.74, 6) is 0. The highest BCUT2D eigenvalue weighted by Gasteiger charge is 2.16. The third-order valence-corrected chi connectivity index (χ3v) is 5.65. The summed E-state index contributed by atoms with van der Waals surface area (Å²) in [6.07, 6.45) is 4.96. The fourth-order valence-electron chi connectivity index (χ4n) is 3.15. The first kappa shape index (κ1) is 17.4. The van der Waals surface area contributed by atoms with Crippen molar-refractivity contribution in [2.24, 2.45) is 0 Å². The number of fused-ring (bicyclic) bond motifs is 2. The van der Waals surface area contributed by atoms with Crippen LogP contribution in [0.2, 0.25) is 5.02 Å². The summed E-state index contributed by atoms with van der Waals surface area (Å²) in [5.41, 5.74) is 5.62. The van der Waals surface area contributed by atoms with Crippen molar-refractivity contribution in [3.8, 4) is 11.3 Å². The van der Waals surface area contributed by atoms with Gasteiger partial charge in [-0.1, -0.05) is 35.9 Å². The minimum atomic E-state index is 0.475. The standard InChI is InChI=1S/C20H12ClIN6/c21-13-5-2-1-4-12(13)18-17(26-15-7-3-6-14(22)19(15)27-18)9-28-11-25-16-8-23-10-24-20(16)28/h1-8,10-11H,9H2. The molecule has 8 heteroatoms. The van der Waals surface area contributed by atoms with Gasteiger partial charge in [0.15, 0.2) is 5.65 Å². The quantitative estimate of drug-likeness (QED) is 0.336. The summed E-state index contributed by atoms with van der Waals surface area (Å²) in [4.78, 5) is 22.6. The van der Waals surface area contributed by atoms with Gasteiger partial charge in [0, 0.05) is 9.13 Å². The van der Waals surface area contributed by atoms with Crippen LogP contribution in [-0.2, 0) is 6.54 Å². The molecule has 0 aliphatic heterocycles. The lowest BCUT2D eigenvalue weighted by Crippen LogP contribution is -2.06. The van der Waals surface area contributed by atoms with Gasteiger partial charge in [-0.2, -0.15) is 0 Å². The van der Waals surface area contributed by atoms with E-state index in [1.807, 2.05) is 47.0 Å². The first-order chi connectivity index (χ1) is 13.7. The van der Waals surface area contributed by atoms with E-state index in [4.69, 9.17) is 21.6 Å².